The van der Waals surface area contributed by atoms with Crippen LogP contribution in [0.2, 0.25) is 0 Å². The number of nitriles is 1. The molecule has 242 valence electrons. The molecule has 0 bridgehead atoms. The first-order valence-corrected chi connectivity index (χ1v) is 14.3. The van der Waals surface area contributed by atoms with Gasteiger partial charge in [0.1, 0.15) is 17.9 Å². The Hall–Kier alpha value is -4.68. The molecule has 0 atom stereocenters. The minimum Gasteiger partial charge on any atom is -0.383 e. The van der Waals surface area contributed by atoms with Crippen molar-refractivity contribution in [1.29, 1.82) is 5.26 Å². The van der Waals surface area contributed by atoms with Crippen molar-refractivity contribution in [2.45, 2.75) is 43.9 Å². The van der Waals surface area contributed by atoms with Crippen LogP contribution in [0.1, 0.15) is 56.3 Å². The average molecular weight is 645 g/mol. The Balaban J connectivity index is 1.50. The lowest BCUT2D eigenvalue weighted by Gasteiger charge is -2.39. The highest BCUT2D eigenvalue weighted by Gasteiger charge is 2.46. The Morgan fingerprint density at radius 3 is 2.50 bits per heavy atom. The third kappa shape index (κ3) is 7.75. The fourth-order valence-electron chi connectivity index (χ4n) is 5.09. The summed E-state index contributed by atoms with van der Waals surface area (Å²) in [6.07, 6.45) is -2.09. The molecule has 15 heteroatoms. The second-order valence-corrected chi connectivity index (χ2v) is 11.3. The molecule has 1 aliphatic carbocycles. The maximum absolute atomic E-state index is 13.6. The van der Waals surface area contributed by atoms with E-state index in [9.17, 15) is 41.6 Å². The summed E-state index contributed by atoms with van der Waals surface area (Å²) in [5, 5.41) is 14.9. The number of halogens is 5. The van der Waals surface area contributed by atoms with Gasteiger partial charge >= 0.3 is 6.18 Å². The van der Waals surface area contributed by atoms with Crippen LogP contribution in [0.15, 0.2) is 47.4 Å². The summed E-state index contributed by atoms with van der Waals surface area (Å²) in [5.41, 5.74) is -0.0589. The topological polar surface area (TPSA) is 129 Å². The number of anilines is 1. The summed E-state index contributed by atoms with van der Waals surface area (Å²) in [6.45, 7) is -2.37. The van der Waals surface area contributed by atoms with E-state index in [4.69, 9.17) is 4.74 Å². The summed E-state index contributed by atoms with van der Waals surface area (Å²) in [4.78, 5) is 45.1. The van der Waals surface area contributed by atoms with Gasteiger partial charge in [-0.3, -0.25) is 14.4 Å². The number of amides is 2. The fraction of sp³-hybridized carbons (Fsp3) is 0.387. The zero-order valence-electron chi connectivity index (χ0n) is 24.6. The Kier molecular flexibility index (Phi) is 9.22. The van der Waals surface area contributed by atoms with E-state index in [1.165, 1.54) is 37.4 Å². The molecule has 0 spiro atoms. The number of nitrogens with one attached hydrogen (secondary N) is 2. The molecule has 3 aromatic rings. The van der Waals surface area contributed by atoms with Crippen LogP contribution >= 0.6 is 0 Å². The Morgan fingerprint density at radius 1 is 1.13 bits per heavy atom. The second-order valence-electron chi connectivity index (χ2n) is 11.3. The van der Waals surface area contributed by atoms with Gasteiger partial charge in [-0.05, 0) is 59.9 Å². The van der Waals surface area contributed by atoms with Crippen molar-refractivity contribution < 1.29 is 36.3 Å². The van der Waals surface area contributed by atoms with Crippen LogP contribution in [0.4, 0.5) is 27.8 Å². The largest absolute Gasteiger partial charge is 0.406 e. The number of rotatable bonds is 11. The minimum absolute atomic E-state index is 0.00323. The molecule has 2 amide bonds. The van der Waals surface area contributed by atoms with E-state index in [0.29, 0.717) is 34.5 Å². The number of hydrogen-bond donors (Lipinski definition) is 2. The normalized spacial score (nSPS) is 15.6. The Bertz CT molecular complexity index is 1760. The molecule has 2 aliphatic rings. The zero-order chi connectivity index (χ0) is 33.2. The van der Waals surface area contributed by atoms with Crippen LogP contribution in [0.3, 0.4) is 0 Å². The van der Waals surface area contributed by atoms with Gasteiger partial charge in [-0.1, -0.05) is 6.07 Å². The van der Waals surface area contributed by atoms with Crippen LogP contribution in [0.5, 0.6) is 0 Å². The van der Waals surface area contributed by atoms with Gasteiger partial charge in [-0.2, -0.15) is 18.4 Å². The van der Waals surface area contributed by atoms with Crippen LogP contribution in [0, 0.1) is 11.3 Å². The van der Waals surface area contributed by atoms with Gasteiger partial charge in [0.05, 0.1) is 31.3 Å². The number of carbonyl (C=O) groups excluding carboxylic acids is 2. The Labute approximate surface area is 259 Å². The predicted molar refractivity (Wildman–Crippen MR) is 156 cm³/mol. The van der Waals surface area contributed by atoms with Crippen molar-refractivity contribution >= 4 is 17.6 Å². The van der Waals surface area contributed by atoms with Crippen molar-refractivity contribution in [2.24, 2.45) is 0 Å². The van der Waals surface area contributed by atoms with E-state index in [-0.39, 0.29) is 35.0 Å². The quantitative estimate of drug-likeness (QED) is 0.235. The van der Waals surface area contributed by atoms with Crippen LogP contribution < -0.4 is 16.2 Å². The lowest BCUT2D eigenvalue weighted by atomic mass is 9.95. The van der Waals surface area contributed by atoms with E-state index in [0.717, 1.165) is 23.9 Å². The standard InChI is InChI=1S/C31H29F5N6O4/c1-46-7-6-38-13-19-9-24(29(45)41(14-19)17-31(34,35)36)27(43)40-26-11-21(10-25(39-26)20-3-4-20)22-5-2-18(12-37)8-23(22)28(44)42-15-30(32,33)16-42/h2,5,8-11,14,20,38H,3-4,6-7,13,15-17H2,1H3,(H,39,40,43). The smallest absolute Gasteiger partial charge is 0.383 e. The molecule has 0 unspecified atom stereocenters. The summed E-state index contributed by atoms with van der Waals surface area (Å²) in [5.74, 6) is -4.70. The van der Waals surface area contributed by atoms with Crippen LogP contribution in [-0.4, -0.2) is 71.7 Å². The molecule has 3 heterocycles. The van der Waals surface area contributed by atoms with E-state index >= 15 is 0 Å². The molecular formula is C31H29F5N6O4. The number of hydrogen-bond acceptors (Lipinski definition) is 7. The third-order valence-electron chi connectivity index (χ3n) is 7.45. The van der Waals surface area contributed by atoms with Gasteiger partial charge in [0.25, 0.3) is 23.3 Å². The summed E-state index contributed by atoms with van der Waals surface area (Å²) in [7, 11) is 1.48. The Morgan fingerprint density at radius 2 is 1.87 bits per heavy atom. The van der Waals surface area contributed by atoms with E-state index < -0.39 is 54.7 Å². The molecule has 46 heavy (non-hydrogen) atoms. The van der Waals surface area contributed by atoms with Crippen molar-refractivity contribution in [2.75, 3.05) is 38.7 Å². The van der Waals surface area contributed by atoms with Gasteiger partial charge in [0.2, 0.25) is 0 Å². The van der Waals surface area contributed by atoms with E-state index in [1.807, 2.05) is 6.07 Å². The highest BCUT2D eigenvalue weighted by atomic mass is 19.4. The second kappa shape index (κ2) is 13.0. The van der Waals surface area contributed by atoms with Crippen molar-refractivity contribution in [3.8, 4) is 17.2 Å². The number of ether oxygens (including phenoxy) is 1. The highest BCUT2D eigenvalue weighted by Crippen LogP contribution is 2.41. The first-order valence-electron chi connectivity index (χ1n) is 14.3. The molecule has 2 fully saturated rings. The number of methoxy groups -OCH3 is 1. The molecule has 10 nitrogen and oxygen atoms in total. The fourth-order valence-corrected chi connectivity index (χ4v) is 5.09. The summed E-state index contributed by atoms with van der Waals surface area (Å²) >= 11 is 0. The SMILES string of the molecule is COCCNCc1cc(C(=O)Nc2cc(-c3ccc(C#N)cc3C(=O)N3CC(F)(F)C3)cc(C3CC3)n2)c(=O)n(CC(F)(F)F)c1. The molecule has 5 rings (SSSR count). The van der Waals surface area contributed by atoms with E-state index in [2.05, 4.69) is 15.6 Å². The zero-order valence-corrected chi connectivity index (χ0v) is 24.6. The molecule has 0 radical (unpaired) electrons. The van der Waals surface area contributed by atoms with Gasteiger partial charge < -0.3 is 24.8 Å². The number of nitrogens with zero attached hydrogens (tertiary/aromatic N) is 4. The lowest BCUT2D eigenvalue weighted by molar-refractivity contribution is -0.141. The van der Waals surface area contributed by atoms with Crippen LogP contribution in [-0.2, 0) is 17.8 Å². The number of carbonyl (C=O) groups is 2. The molecule has 2 aromatic heterocycles. The van der Waals surface area contributed by atoms with E-state index in [1.54, 1.807) is 6.07 Å². The summed E-state index contributed by atoms with van der Waals surface area (Å²) < 4.78 is 72.4. The molecule has 1 aliphatic heterocycles. The summed E-state index contributed by atoms with van der Waals surface area (Å²) in [6, 6.07) is 10.5. The first kappa shape index (κ1) is 32.7. The third-order valence-corrected chi connectivity index (χ3v) is 7.45. The number of aromatic nitrogens is 2. The van der Waals surface area contributed by atoms with Gasteiger partial charge in [-0.25, -0.2) is 13.8 Å². The average Bonchev–Trinajstić information content (AvgIpc) is 3.84. The van der Waals surface area contributed by atoms with Crippen molar-refractivity contribution in [3.63, 3.8) is 0 Å². The molecule has 1 saturated carbocycles. The number of pyridine rings is 2. The van der Waals surface area contributed by atoms with Gasteiger partial charge in [0.15, 0.2) is 0 Å². The highest BCUT2D eigenvalue weighted by molar-refractivity contribution is 6.05. The first-order chi connectivity index (χ1) is 21.8. The van der Waals surface area contributed by atoms with Crippen LogP contribution in [0.25, 0.3) is 11.1 Å². The molecule has 1 aromatic carbocycles. The number of likely N-dealkylation sites (tertiary alicyclic amines) is 1. The lowest BCUT2D eigenvalue weighted by Crippen LogP contribution is -2.58. The molecule has 2 N–H and O–H groups in total. The monoisotopic (exact) mass is 644 g/mol. The maximum atomic E-state index is 13.6. The van der Waals surface area contributed by atoms with Crippen molar-refractivity contribution in [3.05, 3.63) is 80.9 Å². The number of alkyl halides is 5. The van der Waals surface area contributed by atoms with Crippen molar-refractivity contribution in [1.82, 2.24) is 19.8 Å². The molecule has 1 saturated heterocycles. The number of benzene rings is 1. The maximum Gasteiger partial charge on any atom is 0.406 e. The van der Waals surface area contributed by atoms with Gasteiger partial charge in [-0.15, -0.1) is 0 Å². The van der Waals surface area contributed by atoms with Gasteiger partial charge in [0, 0.05) is 43.6 Å². The minimum atomic E-state index is -4.73. The predicted octanol–water partition coefficient (Wildman–Crippen LogP) is 4.30. The molecular weight excluding hydrogens is 615 g/mol.